The van der Waals surface area contributed by atoms with Crippen LogP contribution >= 0.6 is 0 Å². The molecule has 1 unspecified atom stereocenters. The van der Waals surface area contributed by atoms with E-state index in [1.165, 1.54) is 12.8 Å². The van der Waals surface area contributed by atoms with E-state index in [-0.39, 0.29) is 6.10 Å². The van der Waals surface area contributed by atoms with Crippen LogP contribution in [0.5, 0.6) is 0 Å². The Balaban J connectivity index is 1.66. The van der Waals surface area contributed by atoms with Crippen molar-refractivity contribution in [3.63, 3.8) is 0 Å². The normalized spacial score (nSPS) is 22.5. The highest BCUT2D eigenvalue weighted by molar-refractivity contribution is 5.44. The molecule has 0 radical (unpaired) electrons. The zero-order chi connectivity index (χ0) is 14.5. The van der Waals surface area contributed by atoms with Gasteiger partial charge in [0.15, 0.2) is 0 Å². The molecule has 1 aromatic heterocycles. The predicted octanol–water partition coefficient (Wildman–Crippen LogP) is 1.47. The SMILES string of the molecule is CCc1cc(NCC2COCCO2)nc(N2CCCC2)n1. The fourth-order valence-corrected chi connectivity index (χ4v) is 2.69. The van der Waals surface area contributed by atoms with Crippen molar-refractivity contribution in [2.24, 2.45) is 0 Å². The van der Waals surface area contributed by atoms with Crippen molar-refractivity contribution in [1.29, 1.82) is 0 Å². The third-order valence-electron chi connectivity index (χ3n) is 3.91. The van der Waals surface area contributed by atoms with Gasteiger partial charge in [-0.1, -0.05) is 6.92 Å². The van der Waals surface area contributed by atoms with Gasteiger partial charge in [-0.25, -0.2) is 4.98 Å². The van der Waals surface area contributed by atoms with E-state index >= 15 is 0 Å². The van der Waals surface area contributed by atoms with Crippen LogP contribution in [-0.4, -0.2) is 55.5 Å². The van der Waals surface area contributed by atoms with Crippen LogP contribution in [-0.2, 0) is 15.9 Å². The Morgan fingerprint density at radius 1 is 1.29 bits per heavy atom. The van der Waals surface area contributed by atoms with Crippen molar-refractivity contribution in [1.82, 2.24) is 9.97 Å². The lowest BCUT2D eigenvalue weighted by Crippen LogP contribution is -2.34. The molecule has 3 heterocycles. The van der Waals surface area contributed by atoms with Crippen molar-refractivity contribution in [3.8, 4) is 0 Å². The van der Waals surface area contributed by atoms with E-state index in [1.807, 2.05) is 6.07 Å². The molecule has 0 saturated carbocycles. The number of hydrogen-bond acceptors (Lipinski definition) is 6. The lowest BCUT2D eigenvalue weighted by molar-refractivity contribution is -0.0819. The molecule has 3 rings (SSSR count). The highest BCUT2D eigenvalue weighted by Gasteiger charge is 2.18. The van der Waals surface area contributed by atoms with Crippen LogP contribution in [0.4, 0.5) is 11.8 Å². The molecule has 2 aliphatic heterocycles. The number of aromatic nitrogens is 2. The van der Waals surface area contributed by atoms with Gasteiger partial charge < -0.3 is 19.7 Å². The second-order valence-electron chi connectivity index (χ2n) is 5.54. The Bertz CT molecular complexity index is 457. The van der Waals surface area contributed by atoms with E-state index in [4.69, 9.17) is 9.47 Å². The highest BCUT2D eigenvalue weighted by atomic mass is 16.6. The molecule has 0 aromatic carbocycles. The van der Waals surface area contributed by atoms with Gasteiger partial charge in [-0.3, -0.25) is 0 Å². The van der Waals surface area contributed by atoms with Crippen LogP contribution in [0.2, 0.25) is 0 Å². The van der Waals surface area contributed by atoms with E-state index in [0.717, 1.165) is 43.5 Å². The molecule has 1 N–H and O–H groups in total. The number of aryl methyl sites for hydroxylation is 1. The molecule has 6 heteroatoms. The van der Waals surface area contributed by atoms with Gasteiger partial charge in [-0.05, 0) is 19.3 Å². The minimum absolute atomic E-state index is 0.106. The first-order valence-electron chi connectivity index (χ1n) is 7.91. The maximum atomic E-state index is 5.64. The largest absolute Gasteiger partial charge is 0.376 e. The van der Waals surface area contributed by atoms with E-state index in [9.17, 15) is 0 Å². The topological polar surface area (TPSA) is 59.5 Å². The lowest BCUT2D eigenvalue weighted by atomic mass is 10.3. The van der Waals surface area contributed by atoms with Gasteiger partial charge in [-0.15, -0.1) is 0 Å². The number of nitrogens with zero attached hydrogens (tertiary/aromatic N) is 3. The van der Waals surface area contributed by atoms with E-state index in [2.05, 4.69) is 27.1 Å². The van der Waals surface area contributed by atoms with Gasteiger partial charge in [0.1, 0.15) is 5.82 Å². The van der Waals surface area contributed by atoms with Crippen LogP contribution < -0.4 is 10.2 Å². The first kappa shape index (κ1) is 14.5. The molecule has 0 aliphatic carbocycles. The van der Waals surface area contributed by atoms with Gasteiger partial charge >= 0.3 is 0 Å². The minimum Gasteiger partial charge on any atom is -0.376 e. The quantitative estimate of drug-likeness (QED) is 0.887. The maximum Gasteiger partial charge on any atom is 0.227 e. The number of ether oxygens (including phenoxy) is 2. The number of hydrogen-bond donors (Lipinski definition) is 1. The summed E-state index contributed by atoms with van der Waals surface area (Å²) in [6.45, 7) is 6.99. The Morgan fingerprint density at radius 3 is 2.86 bits per heavy atom. The molecule has 21 heavy (non-hydrogen) atoms. The summed E-state index contributed by atoms with van der Waals surface area (Å²) < 4.78 is 11.1. The second-order valence-corrected chi connectivity index (χ2v) is 5.54. The second kappa shape index (κ2) is 7.04. The van der Waals surface area contributed by atoms with Crippen LogP contribution in [0.1, 0.15) is 25.5 Å². The summed E-state index contributed by atoms with van der Waals surface area (Å²) in [7, 11) is 0. The fraction of sp³-hybridized carbons (Fsp3) is 0.733. The lowest BCUT2D eigenvalue weighted by Gasteiger charge is -2.23. The molecule has 0 bridgehead atoms. The van der Waals surface area contributed by atoms with E-state index in [1.54, 1.807) is 0 Å². The van der Waals surface area contributed by atoms with Crippen molar-refractivity contribution < 1.29 is 9.47 Å². The molecule has 2 saturated heterocycles. The van der Waals surface area contributed by atoms with E-state index in [0.29, 0.717) is 19.8 Å². The minimum atomic E-state index is 0.106. The first-order chi connectivity index (χ1) is 10.3. The summed E-state index contributed by atoms with van der Waals surface area (Å²) in [5.41, 5.74) is 1.08. The first-order valence-corrected chi connectivity index (χ1v) is 7.91. The summed E-state index contributed by atoms with van der Waals surface area (Å²) in [4.78, 5) is 11.6. The standard InChI is InChI=1S/C15H24N4O2/c1-2-12-9-14(16-10-13-11-20-7-8-21-13)18-15(17-12)19-5-3-4-6-19/h9,13H,2-8,10-11H2,1H3,(H,16,17,18). The van der Waals surface area contributed by atoms with Crippen LogP contribution in [0.15, 0.2) is 6.07 Å². The predicted molar refractivity (Wildman–Crippen MR) is 81.9 cm³/mol. The molecule has 0 spiro atoms. The zero-order valence-corrected chi connectivity index (χ0v) is 12.7. The maximum absolute atomic E-state index is 5.64. The molecule has 2 aliphatic rings. The summed E-state index contributed by atoms with van der Waals surface area (Å²) in [5, 5.41) is 3.37. The smallest absolute Gasteiger partial charge is 0.227 e. The molecular weight excluding hydrogens is 268 g/mol. The molecule has 1 aromatic rings. The number of anilines is 2. The van der Waals surface area contributed by atoms with Crippen molar-refractivity contribution in [2.45, 2.75) is 32.3 Å². The Labute approximate surface area is 125 Å². The average molecular weight is 292 g/mol. The van der Waals surface area contributed by atoms with Crippen LogP contribution in [0.3, 0.4) is 0 Å². The Kier molecular flexibility index (Phi) is 4.87. The summed E-state index contributed by atoms with van der Waals surface area (Å²) >= 11 is 0. The number of nitrogens with one attached hydrogen (secondary N) is 1. The van der Waals surface area contributed by atoms with Gasteiger partial charge in [0.2, 0.25) is 5.95 Å². The molecule has 0 amide bonds. The van der Waals surface area contributed by atoms with Crippen LogP contribution in [0, 0.1) is 0 Å². The van der Waals surface area contributed by atoms with Crippen LogP contribution in [0.25, 0.3) is 0 Å². The fourth-order valence-electron chi connectivity index (χ4n) is 2.69. The summed E-state index contributed by atoms with van der Waals surface area (Å²) in [6, 6.07) is 2.03. The Hall–Kier alpha value is -1.40. The van der Waals surface area contributed by atoms with Gasteiger partial charge in [-0.2, -0.15) is 4.98 Å². The average Bonchev–Trinajstić information content (AvgIpc) is 3.08. The third kappa shape index (κ3) is 3.83. The highest BCUT2D eigenvalue weighted by Crippen LogP contribution is 2.19. The molecular formula is C15H24N4O2. The molecule has 6 nitrogen and oxygen atoms in total. The molecule has 2 fully saturated rings. The molecule has 1 atom stereocenters. The van der Waals surface area contributed by atoms with Gasteiger partial charge in [0, 0.05) is 31.4 Å². The van der Waals surface area contributed by atoms with E-state index < -0.39 is 0 Å². The summed E-state index contributed by atoms with van der Waals surface area (Å²) in [5.74, 6) is 1.74. The monoisotopic (exact) mass is 292 g/mol. The molecule has 116 valence electrons. The zero-order valence-electron chi connectivity index (χ0n) is 12.7. The van der Waals surface area contributed by atoms with Gasteiger partial charge in [0.05, 0.1) is 25.9 Å². The van der Waals surface area contributed by atoms with Crippen molar-refractivity contribution >= 4 is 11.8 Å². The third-order valence-corrected chi connectivity index (χ3v) is 3.91. The number of rotatable bonds is 5. The summed E-state index contributed by atoms with van der Waals surface area (Å²) in [6.07, 6.45) is 3.49. The van der Waals surface area contributed by atoms with Gasteiger partial charge in [0.25, 0.3) is 0 Å². The van der Waals surface area contributed by atoms with Crippen molar-refractivity contribution in [2.75, 3.05) is 49.7 Å². The van der Waals surface area contributed by atoms with Crippen molar-refractivity contribution in [3.05, 3.63) is 11.8 Å². The Morgan fingerprint density at radius 2 is 2.14 bits per heavy atom.